The highest BCUT2D eigenvalue weighted by molar-refractivity contribution is 6.86. The number of nitrogens with one attached hydrogen (secondary N) is 4. The van der Waals surface area contributed by atoms with Crippen LogP contribution in [0.3, 0.4) is 0 Å². The fourth-order valence-electron chi connectivity index (χ4n) is 11.4. The zero-order valence-electron chi connectivity index (χ0n) is 34.4. The molecule has 6 aliphatic rings. The van der Waals surface area contributed by atoms with Crippen molar-refractivity contribution in [2.24, 2.45) is 28.7 Å². The fourth-order valence-corrected chi connectivity index (χ4v) is 21.9. The predicted molar refractivity (Wildman–Crippen MR) is 222 cm³/mol. The van der Waals surface area contributed by atoms with Crippen molar-refractivity contribution in [3.8, 4) is 0 Å². The lowest BCUT2D eigenvalue weighted by Gasteiger charge is -2.46. The van der Waals surface area contributed by atoms with Gasteiger partial charge in [0.2, 0.25) is 11.8 Å². The molecule has 55 heavy (non-hydrogen) atoms. The average Bonchev–Trinajstić information content (AvgIpc) is 3.49. The molecule has 5 fully saturated rings. The van der Waals surface area contributed by atoms with Crippen LogP contribution in [-0.4, -0.2) is 106 Å². The number of carbonyl (C=O) groups excluding carboxylic acids is 2. The number of halogens is 1. The van der Waals surface area contributed by atoms with Crippen LogP contribution in [0.2, 0.25) is 37.3 Å². The number of amides is 2. The summed E-state index contributed by atoms with van der Waals surface area (Å²) in [5.41, 5.74) is 8.99. The Labute approximate surface area is 337 Å². The number of hydrogen-bond acceptors (Lipinski definition) is 9. The number of nitrogens with zero attached hydrogens (tertiary/aromatic N) is 2. The molecule has 5 N–H and O–H groups in total. The molecule has 4 aliphatic carbocycles. The minimum Gasteiger partial charge on any atom is -0.481 e. The van der Waals surface area contributed by atoms with E-state index in [1.165, 1.54) is 5.71 Å². The highest BCUT2D eigenvalue weighted by Gasteiger charge is 2.50. The van der Waals surface area contributed by atoms with Crippen molar-refractivity contribution in [3.05, 3.63) is 0 Å². The van der Waals surface area contributed by atoms with Gasteiger partial charge in [-0.05, 0) is 121 Å². The first-order valence-electron chi connectivity index (χ1n) is 21.7. The minimum atomic E-state index is -2.14. The summed E-state index contributed by atoms with van der Waals surface area (Å²) in [6.45, 7) is 12.2. The van der Waals surface area contributed by atoms with Crippen molar-refractivity contribution < 1.29 is 28.3 Å². The molecule has 15 heteroatoms. The topological polar surface area (TPSA) is 154 Å². The molecule has 1 saturated heterocycles. The lowest BCUT2D eigenvalue weighted by Crippen LogP contribution is -2.55. The number of alkyl halides is 1. The Bertz CT molecular complexity index is 1380. The number of ether oxygens (including phenoxy) is 1. The van der Waals surface area contributed by atoms with Crippen molar-refractivity contribution >= 4 is 51.7 Å². The number of fused-ring (bicyclic) bond motifs is 3. The number of carboxylic acid groups (broad SMARTS) is 1. The Morgan fingerprint density at radius 1 is 0.855 bits per heavy atom. The molecule has 4 saturated carbocycles. The molecule has 2 heterocycles. The number of hydrogen-bond donors (Lipinski definition) is 5. The van der Waals surface area contributed by atoms with E-state index in [1.54, 1.807) is 0 Å². The van der Waals surface area contributed by atoms with Gasteiger partial charge in [0, 0.05) is 49.2 Å². The van der Waals surface area contributed by atoms with Gasteiger partial charge in [-0.15, -0.1) is 11.6 Å². The van der Waals surface area contributed by atoms with Crippen LogP contribution in [0.15, 0.2) is 4.99 Å². The number of methoxy groups -OCH3 is 1. The van der Waals surface area contributed by atoms with Crippen LogP contribution in [0.25, 0.3) is 0 Å². The molecule has 0 aromatic rings. The molecule has 0 radical (unpaired) electrons. The van der Waals surface area contributed by atoms with Crippen LogP contribution < -0.4 is 21.5 Å². The molecule has 6 rings (SSSR count). The number of rotatable bonds is 13. The maximum absolute atomic E-state index is 13.6. The van der Waals surface area contributed by atoms with Crippen LogP contribution in [0.4, 0.5) is 0 Å². The van der Waals surface area contributed by atoms with E-state index >= 15 is 0 Å². The van der Waals surface area contributed by atoms with Gasteiger partial charge in [0.1, 0.15) is 0 Å². The van der Waals surface area contributed by atoms with Gasteiger partial charge in [-0.1, -0.05) is 25.7 Å². The van der Waals surface area contributed by atoms with Gasteiger partial charge in [0.15, 0.2) is 16.6 Å². The van der Waals surface area contributed by atoms with Crippen LogP contribution in [-0.2, 0) is 23.2 Å². The maximum Gasteiger partial charge on any atom is 0.306 e. The Balaban J connectivity index is 1.02. The second kappa shape index (κ2) is 18.7. The first kappa shape index (κ1) is 43.2. The smallest absolute Gasteiger partial charge is 0.306 e. The van der Waals surface area contributed by atoms with Crippen LogP contribution in [0, 0.1) is 23.7 Å². The van der Waals surface area contributed by atoms with Gasteiger partial charge in [-0.2, -0.15) is 0 Å². The van der Waals surface area contributed by atoms with Gasteiger partial charge >= 0.3 is 5.97 Å². The zero-order chi connectivity index (χ0) is 39.5. The summed E-state index contributed by atoms with van der Waals surface area (Å²) in [4.78, 5) is 46.9. The zero-order valence-corrected chi connectivity index (χ0v) is 37.2. The van der Waals surface area contributed by atoms with Crippen molar-refractivity contribution in [2.75, 3.05) is 20.2 Å². The van der Waals surface area contributed by atoms with Crippen LogP contribution >= 0.6 is 11.6 Å². The fraction of sp³-hybridized carbons (Fsp3) is 0.900. The van der Waals surface area contributed by atoms with Gasteiger partial charge < -0.3 is 24.6 Å². The van der Waals surface area contributed by atoms with Crippen LogP contribution in [0.5, 0.6) is 0 Å². The van der Waals surface area contributed by atoms with Gasteiger partial charge in [0.25, 0.3) is 0 Å². The third-order valence-electron chi connectivity index (χ3n) is 14.5. The van der Waals surface area contributed by atoms with E-state index in [0.717, 1.165) is 96.3 Å². The molecule has 312 valence electrons. The summed E-state index contributed by atoms with van der Waals surface area (Å²) < 4.78 is 13.0. The first-order valence-corrected chi connectivity index (χ1v) is 28.1. The first-order chi connectivity index (χ1) is 26.2. The predicted octanol–water partition coefficient (Wildman–Crippen LogP) is 6.13. The summed E-state index contributed by atoms with van der Waals surface area (Å²) >= 11 is 6.55. The number of carbonyl (C=O) groups is 3. The third-order valence-corrected chi connectivity index (χ3v) is 24.2. The SMILES string of the molecule is COC1CCC2C(C1)C(C1CCC(Cl)CC1)=N[C@@H](CC(=O)NCCNC(=O)C1CCCC([Si](C)(C)O[Si](C)(C)C3CCCC(C(=O)O)C3)C1)C1NNC(C)N21. The van der Waals surface area contributed by atoms with E-state index in [0.29, 0.717) is 42.0 Å². The molecule has 12 nitrogen and oxygen atoms in total. The molecule has 0 spiro atoms. The van der Waals surface area contributed by atoms with Crippen molar-refractivity contribution in [3.63, 3.8) is 0 Å². The lowest BCUT2D eigenvalue weighted by molar-refractivity contribution is -0.142. The van der Waals surface area contributed by atoms with Crippen LogP contribution in [0.1, 0.15) is 110 Å². The highest BCUT2D eigenvalue weighted by atomic mass is 35.5. The van der Waals surface area contributed by atoms with E-state index in [9.17, 15) is 19.5 Å². The maximum atomic E-state index is 13.6. The minimum absolute atomic E-state index is 0.0465. The highest BCUT2D eigenvalue weighted by Crippen LogP contribution is 2.47. The molecule has 2 amide bonds. The Kier molecular flexibility index (Phi) is 14.7. The second-order valence-electron chi connectivity index (χ2n) is 18.9. The van der Waals surface area contributed by atoms with Gasteiger partial charge in [-0.25, -0.2) is 10.9 Å². The van der Waals surface area contributed by atoms with E-state index < -0.39 is 22.6 Å². The number of hydrazine groups is 1. The molecule has 9 unspecified atom stereocenters. The summed E-state index contributed by atoms with van der Waals surface area (Å²) in [5, 5.41) is 16.1. The van der Waals surface area contributed by atoms with E-state index in [1.807, 2.05) is 7.11 Å². The summed E-state index contributed by atoms with van der Waals surface area (Å²) in [6.07, 6.45) is 15.0. The summed E-state index contributed by atoms with van der Waals surface area (Å²) in [6, 6.07) is 0.0990. The largest absolute Gasteiger partial charge is 0.481 e. The Morgan fingerprint density at radius 3 is 2.15 bits per heavy atom. The second-order valence-corrected chi connectivity index (χ2v) is 28.4. The molecular formula is C40H71ClN6O6Si2. The van der Waals surface area contributed by atoms with Gasteiger partial charge in [-0.3, -0.25) is 24.3 Å². The van der Waals surface area contributed by atoms with Crippen molar-refractivity contribution in [1.29, 1.82) is 0 Å². The number of aliphatic carboxylic acids is 1. The monoisotopic (exact) mass is 822 g/mol. The molecule has 0 bridgehead atoms. The Hall–Kier alpha value is -1.40. The number of aliphatic imine (C=N–C) groups is 1. The van der Waals surface area contributed by atoms with E-state index in [2.05, 4.69) is 59.5 Å². The standard InChI is InChI=1S/C40H71ClN6O6Si2/c1-25-45-46-38-34(44-37(26-13-15-29(41)16-14-26)33-23-30(52-2)17-18-35(33)47(25)38)24-36(48)42-19-20-43-39(49)27-9-7-11-31(21-27)54(3,4)53-55(5,6)32-12-8-10-28(22-32)40(50)51/h25-35,38,45-46H,7-24H2,1-6H3,(H,42,48)(H,43,49)(H,50,51)/t25?,26?,27?,28?,29?,30?,31?,32?,33?,34-,35?,38?/m0/s1. The average molecular weight is 824 g/mol. The summed E-state index contributed by atoms with van der Waals surface area (Å²) in [7, 11) is -2.45. The van der Waals surface area contributed by atoms with Crippen molar-refractivity contribution in [1.82, 2.24) is 26.4 Å². The normalized spacial score (nSPS) is 37.5. The van der Waals surface area contributed by atoms with E-state index in [4.69, 9.17) is 25.4 Å². The third kappa shape index (κ3) is 10.4. The molecule has 0 aromatic carbocycles. The molecule has 10 atom stereocenters. The van der Waals surface area contributed by atoms with E-state index in [-0.39, 0.29) is 59.9 Å². The van der Waals surface area contributed by atoms with Gasteiger partial charge in [0.05, 0.1) is 36.8 Å². The lowest BCUT2D eigenvalue weighted by atomic mass is 9.72. The molecule has 2 aliphatic heterocycles. The van der Waals surface area contributed by atoms with Crippen molar-refractivity contribution in [2.45, 2.75) is 183 Å². The Morgan fingerprint density at radius 2 is 1.49 bits per heavy atom. The molecular weight excluding hydrogens is 752 g/mol. The quantitative estimate of drug-likeness (QED) is 0.0840. The molecule has 0 aromatic heterocycles. The number of carboxylic acids is 1. The summed E-state index contributed by atoms with van der Waals surface area (Å²) in [5.74, 6) is -0.262.